The first-order chi connectivity index (χ1) is 11.1. The van der Waals surface area contributed by atoms with Crippen molar-refractivity contribution in [1.82, 2.24) is 9.80 Å². The van der Waals surface area contributed by atoms with Gasteiger partial charge in [0.05, 0.1) is 0 Å². The molecule has 1 aliphatic heterocycles. The molecule has 2 aromatic carbocycles. The van der Waals surface area contributed by atoms with Crippen LogP contribution in [0.25, 0.3) is 0 Å². The number of nitrogens with zero attached hydrogens (tertiary/aromatic N) is 2. The van der Waals surface area contributed by atoms with Crippen molar-refractivity contribution >= 4 is 5.91 Å². The topological polar surface area (TPSA) is 23.6 Å². The SMILES string of the molecule is Cc1ccc(C(=O)N2CCN(Cc3ccccc3C)CC2)cc1. The normalized spacial score (nSPS) is 15.7. The van der Waals surface area contributed by atoms with Gasteiger partial charge >= 0.3 is 0 Å². The molecule has 1 amide bonds. The summed E-state index contributed by atoms with van der Waals surface area (Å²) in [4.78, 5) is 16.9. The molecule has 0 spiro atoms. The number of hydrogen-bond donors (Lipinski definition) is 0. The molecule has 1 saturated heterocycles. The summed E-state index contributed by atoms with van der Waals surface area (Å²) in [7, 11) is 0. The van der Waals surface area contributed by atoms with E-state index >= 15 is 0 Å². The molecule has 1 aliphatic rings. The Labute approximate surface area is 138 Å². The predicted octanol–water partition coefficient (Wildman–Crippen LogP) is 3.26. The van der Waals surface area contributed by atoms with Crippen LogP contribution in [-0.2, 0) is 6.54 Å². The quantitative estimate of drug-likeness (QED) is 0.869. The second-order valence-corrected chi connectivity index (χ2v) is 6.36. The number of rotatable bonds is 3. The highest BCUT2D eigenvalue weighted by atomic mass is 16.2. The summed E-state index contributed by atoms with van der Waals surface area (Å²) in [6.45, 7) is 8.65. The Morgan fingerprint density at radius 1 is 0.913 bits per heavy atom. The minimum absolute atomic E-state index is 0.153. The van der Waals surface area contributed by atoms with Crippen LogP contribution in [0.5, 0.6) is 0 Å². The number of piperazine rings is 1. The Morgan fingerprint density at radius 3 is 2.22 bits per heavy atom. The van der Waals surface area contributed by atoms with Gasteiger partial charge in [-0.2, -0.15) is 0 Å². The standard InChI is InChI=1S/C20H24N2O/c1-16-7-9-18(10-8-16)20(23)22-13-11-21(12-14-22)15-19-6-4-3-5-17(19)2/h3-10H,11-15H2,1-2H3. The van der Waals surface area contributed by atoms with Gasteiger partial charge in [0.1, 0.15) is 0 Å². The minimum Gasteiger partial charge on any atom is -0.336 e. The Kier molecular flexibility index (Phi) is 4.77. The molecule has 0 atom stereocenters. The van der Waals surface area contributed by atoms with Crippen LogP contribution in [0.15, 0.2) is 48.5 Å². The number of amides is 1. The smallest absolute Gasteiger partial charge is 0.253 e. The molecule has 23 heavy (non-hydrogen) atoms. The van der Waals surface area contributed by atoms with E-state index in [1.807, 2.05) is 36.1 Å². The summed E-state index contributed by atoms with van der Waals surface area (Å²) in [5.74, 6) is 0.153. The fourth-order valence-electron chi connectivity index (χ4n) is 3.02. The second-order valence-electron chi connectivity index (χ2n) is 6.36. The fourth-order valence-corrected chi connectivity index (χ4v) is 3.02. The third kappa shape index (κ3) is 3.80. The van der Waals surface area contributed by atoms with Gasteiger partial charge in [-0.3, -0.25) is 9.69 Å². The van der Waals surface area contributed by atoms with E-state index in [1.54, 1.807) is 0 Å². The molecule has 0 aromatic heterocycles. The largest absolute Gasteiger partial charge is 0.336 e. The molecule has 3 heteroatoms. The average molecular weight is 308 g/mol. The molecule has 0 bridgehead atoms. The maximum absolute atomic E-state index is 12.5. The van der Waals surface area contributed by atoms with Crippen molar-refractivity contribution in [3.8, 4) is 0 Å². The van der Waals surface area contributed by atoms with Gasteiger partial charge in [0, 0.05) is 38.3 Å². The van der Waals surface area contributed by atoms with Crippen molar-refractivity contribution in [2.75, 3.05) is 26.2 Å². The van der Waals surface area contributed by atoms with Gasteiger partial charge in [0.15, 0.2) is 0 Å². The first-order valence-corrected chi connectivity index (χ1v) is 8.26. The predicted molar refractivity (Wildman–Crippen MR) is 93.5 cm³/mol. The summed E-state index contributed by atoms with van der Waals surface area (Å²) >= 11 is 0. The van der Waals surface area contributed by atoms with Crippen molar-refractivity contribution in [2.45, 2.75) is 20.4 Å². The van der Waals surface area contributed by atoms with Crippen LogP contribution in [0.1, 0.15) is 27.0 Å². The average Bonchev–Trinajstić information content (AvgIpc) is 2.58. The van der Waals surface area contributed by atoms with Gasteiger partial charge in [-0.05, 0) is 37.1 Å². The molecule has 0 aliphatic carbocycles. The third-order valence-electron chi connectivity index (χ3n) is 4.61. The third-order valence-corrected chi connectivity index (χ3v) is 4.61. The lowest BCUT2D eigenvalue weighted by Gasteiger charge is -2.35. The van der Waals surface area contributed by atoms with Crippen molar-refractivity contribution in [2.24, 2.45) is 0 Å². The van der Waals surface area contributed by atoms with Gasteiger partial charge in [0.25, 0.3) is 5.91 Å². The van der Waals surface area contributed by atoms with E-state index in [-0.39, 0.29) is 5.91 Å². The van der Waals surface area contributed by atoms with Crippen LogP contribution in [0.4, 0.5) is 0 Å². The Hall–Kier alpha value is -2.13. The van der Waals surface area contributed by atoms with Crippen molar-refractivity contribution < 1.29 is 4.79 Å². The molecule has 3 rings (SSSR count). The van der Waals surface area contributed by atoms with Crippen LogP contribution in [0.2, 0.25) is 0 Å². The van der Waals surface area contributed by atoms with Crippen LogP contribution >= 0.6 is 0 Å². The molecule has 2 aromatic rings. The summed E-state index contributed by atoms with van der Waals surface area (Å²) in [5, 5.41) is 0. The van der Waals surface area contributed by atoms with E-state index in [4.69, 9.17) is 0 Å². The van der Waals surface area contributed by atoms with Gasteiger partial charge in [0.2, 0.25) is 0 Å². The van der Waals surface area contributed by atoms with Gasteiger partial charge in [-0.15, -0.1) is 0 Å². The summed E-state index contributed by atoms with van der Waals surface area (Å²) < 4.78 is 0. The van der Waals surface area contributed by atoms with E-state index in [0.29, 0.717) is 0 Å². The minimum atomic E-state index is 0.153. The summed E-state index contributed by atoms with van der Waals surface area (Å²) in [5.41, 5.74) is 4.70. The van der Waals surface area contributed by atoms with Crippen molar-refractivity contribution in [1.29, 1.82) is 0 Å². The maximum atomic E-state index is 12.5. The number of aryl methyl sites for hydroxylation is 2. The molecule has 0 saturated carbocycles. The molecule has 1 heterocycles. The zero-order chi connectivity index (χ0) is 16.2. The van der Waals surface area contributed by atoms with Gasteiger partial charge < -0.3 is 4.90 Å². The fraction of sp³-hybridized carbons (Fsp3) is 0.350. The molecular formula is C20H24N2O. The van der Waals surface area contributed by atoms with Crippen LogP contribution < -0.4 is 0 Å². The second kappa shape index (κ2) is 6.97. The van der Waals surface area contributed by atoms with E-state index in [0.717, 1.165) is 38.3 Å². The highest BCUT2D eigenvalue weighted by Gasteiger charge is 2.22. The molecule has 3 nitrogen and oxygen atoms in total. The zero-order valence-corrected chi connectivity index (χ0v) is 14.0. The molecule has 0 N–H and O–H groups in total. The van der Waals surface area contributed by atoms with Gasteiger partial charge in [-0.1, -0.05) is 42.0 Å². The highest BCUT2D eigenvalue weighted by molar-refractivity contribution is 5.94. The highest BCUT2D eigenvalue weighted by Crippen LogP contribution is 2.14. The first kappa shape index (κ1) is 15.8. The zero-order valence-electron chi connectivity index (χ0n) is 14.0. The lowest BCUT2D eigenvalue weighted by molar-refractivity contribution is 0.0628. The van der Waals surface area contributed by atoms with E-state index in [1.165, 1.54) is 16.7 Å². The maximum Gasteiger partial charge on any atom is 0.253 e. The Bertz CT molecular complexity index is 670. The van der Waals surface area contributed by atoms with E-state index < -0.39 is 0 Å². The van der Waals surface area contributed by atoms with E-state index in [2.05, 4.69) is 36.1 Å². The first-order valence-electron chi connectivity index (χ1n) is 8.26. The summed E-state index contributed by atoms with van der Waals surface area (Å²) in [6.07, 6.45) is 0. The van der Waals surface area contributed by atoms with Gasteiger partial charge in [-0.25, -0.2) is 0 Å². The molecule has 120 valence electrons. The summed E-state index contributed by atoms with van der Waals surface area (Å²) in [6, 6.07) is 16.4. The van der Waals surface area contributed by atoms with Crippen LogP contribution in [0.3, 0.4) is 0 Å². The molecular weight excluding hydrogens is 284 g/mol. The molecule has 0 radical (unpaired) electrons. The number of carbonyl (C=O) groups is 1. The monoisotopic (exact) mass is 308 g/mol. The van der Waals surface area contributed by atoms with E-state index in [9.17, 15) is 4.79 Å². The van der Waals surface area contributed by atoms with Crippen molar-refractivity contribution in [3.63, 3.8) is 0 Å². The lowest BCUT2D eigenvalue weighted by atomic mass is 10.1. The number of benzene rings is 2. The van der Waals surface area contributed by atoms with Crippen LogP contribution in [0, 0.1) is 13.8 Å². The van der Waals surface area contributed by atoms with Crippen LogP contribution in [-0.4, -0.2) is 41.9 Å². The Morgan fingerprint density at radius 2 is 1.57 bits per heavy atom. The lowest BCUT2D eigenvalue weighted by Crippen LogP contribution is -2.48. The molecule has 0 unspecified atom stereocenters. The number of carbonyl (C=O) groups excluding carboxylic acids is 1. The molecule has 1 fully saturated rings. The Balaban J connectivity index is 1.57. The van der Waals surface area contributed by atoms with Crippen molar-refractivity contribution in [3.05, 3.63) is 70.8 Å². The number of hydrogen-bond acceptors (Lipinski definition) is 2.